The molecular weight excluding hydrogens is 961 g/mol. The van der Waals surface area contributed by atoms with Gasteiger partial charge in [0.15, 0.2) is 31.1 Å². The summed E-state index contributed by atoms with van der Waals surface area (Å²) in [5.41, 5.74) is -0.965. The van der Waals surface area contributed by atoms with Crippen molar-refractivity contribution in [2.45, 2.75) is 236 Å². The minimum absolute atomic E-state index is 0.116. The molecule has 21 heteroatoms. The van der Waals surface area contributed by atoms with Gasteiger partial charge >= 0.3 is 11.9 Å². The van der Waals surface area contributed by atoms with Gasteiger partial charge in [-0.15, -0.1) is 0 Å². The number of fused-ring (bicyclic) bond motifs is 7. The molecule has 0 aromatic rings. The maximum Gasteiger partial charge on any atom is 0.335 e. The Kier molecular flexibility index (Phi) is 15.1. The van der Waals surface area contributed by atoms with Gasteiger partial charge in [-0.1, -0.05) is 60.1 Å². The number of aliphatic carboxylic acids is 1. The average molecular weight is 1040 g/mol. The van der Waals surface area contributed by atoms with Crippen LogP contribution in [-0.2, 0) is 47.5 Å². The second-order valence-corrected chi connectivity index (χ2v) is 25.4. The lowest BCUT2D eigenvalue weighted by Gasteiger charge is -2.71. The molecule has 0 spiro atoms. The van der Waals surface area contributed by atoms with Crippen molar-refractivity contribution in [3.63, 3.8) is 0 Å². The molecule has 26 unspecified atom stereocenters. The van der Waals surface area contributed by atoms with Crippen molar-refractivity contribution in [1.29, 1.82) is 0 Å². The molecule has 416 valence electrons. The van der Waals surface area contributed by atoms with Crippen molar-refractivity contribution in [2.24, 2.45) is 50.2 Å². The maximum atomic E-state index is 15.2. The number of carboxylic acids is 1. The second kappa shape index (κ2) is 19.7. The first-order valence-corrected chi connectivity index (χ1v) is 26.5. The molecule has 73 heavy (non-hydrogen) atoms. The standard InChI is InChI=1S/C52H82O21/c1-22-38(70-42-35(60)30(55)25(53)20-66-42)34(59)37(62)43(68-22)72-40-31(56)26(54)21-67-45(40)73-46(65)52-17-15-47(2,3)19-24(52)23-9-10-28-49(6)13-12-29(69-44-36(61)32(57)33(58)39(71-44)41(63)64)48(4,5)27(49)11-14-51(28,8)50(23,7)16-18-52/h9,22,24-40,42-45,53-62H,10-21H2,1-8H3,(H,63,64). The molecule has 0 aromatic heterocycles. The largest absolute Gasteiger partial charge is 0.479 e. The van der Waals surface area contributed by atoms with Crippen molar-refractivity contribution < 1.29 is 104 Å². The normalized spacial score (nSPS) is 53.6. The van der Waals surface area contributed by atoms with E-state index in [1.807, 2.05) is 0 Å². The quantitative estimate of drug-likeness (QED) is 0.0844. The molecule has 5 aliphatic carbocycles. The Bertz CT molecular complexity index is 2070. The summed E-state index contributed by atoms with van der Waals surface area (Å²) in [6, 6.07) is 0. The van der Waals surface area contributed by atoms with E-state index in [9.17, 15) is 61.0 Å². The number of carbonyl (C=O) groups excluding carboxylic acids is 1. The zero-order valence-electron chi connectivity index (χ0n) is 43.3. The topological polar surface area (TPSA) is 331 Å². The van der Waals surface area contributed by atoms with Gasteiger partial charge in [-0.05, 0) is 116 Å². The lowest BCUT2D eigenvalue weighted by molar-refractivity contribution is -0.368. The number of carbonyl (C=O) groups is 2. The Hall–Kier alpha value is -2.00. The predicted molar refractivity (Wildman–Crippen MR) is 250 cm³/mol. The number of aliphatic hydroxyl groups excluding tert-OH is 10. The third-order valence-electron chi connectivity index (χ3n) is 20.6. The predicted octanol–water partition coefficient (Wildman–Crippen LogP) is 0.363. The molecule has 0 amide bonds. The first-order valence-electron chi connectivity index (χ1n) is 26.5. The first kappa shape index (κ1) is 55.7. The highest BCUT2D eigenvalue weighted by molar-refractivity contribution is 5.79. The summed E-state index contributed by atoms with van der Waals surface area (Å²) in [6.45, 7) is 16.7. The fourth-order valence-electron chi connectivity index (χ4n) is 15.9. The van der Waals surface area contributed by atoms with E-state index in [4.69, 9.17) is 37.9 Å². The highest BCUT2D eigenvalue weighted by atomic mass is 16.8. The number of rotatable bonds is 9. The van der Waals surface area contributed by atoms with E-state index in [1.54, 1.807) is 0 Å². The van der Waals surface area contributed by atoms with Crippen LogP contribution in [0.1, 0.15) is 120 Å². The van der Waals surface area contributed by atoms with Crippen LogP contribution in [0, 0.1) is 50.2 Å². The average Bonchev–Trinajstić information content (AvgIpc) is 3.32. The number of carboxylic acid groups (broad SMARTS) is 1. The van der Waals surface area contributed by atoms with E-state index >= 15 is 4.79 Å². The minimum atomic E-state index is -1.83. The van der Waals surface area contributed by atoms with Crippen LogP contribution in [0.2, 0.25) is 0 Å². The van der Waals surface area contributed by atoms with E-state index in [0.29, 0.717) is 25.7 Å². The van der Waals surface area contributed by atoms with Gasteiger partial charge in [0.25, 0.3) is 0 Å². The first-order chi connectivity index (χ1) is 34.0. The molecule has 9 rings (SSSR count). The van der Waals surface area contributed by atoms with Crippen molar-refractivity contribution in [3.8, 4) is 0 Å². The molecule has 4 saturated carbocycles. The van der Waals surface area contributed by atoms with Gasteiger partial charge in [-0.3, -0.25) is 4.79 Å². The number of aliphatic hydroxyl groups is 10. The molecular formula is C52H82O21. The summed E-state index contributed by atoms with van der Waals surface area (Å²) >= 11 is 0. The fourth-order valence-corrected chi connectivity index (χ4v) is 15.9. The van der Waals surface area contributed by atoms with E-state index in [0.717, 1.165) is 38.5 Å². The van der Waals surface area contributed by atoms with Crippen LogP contribution in [0.3, 0.4) is 0 Å². The van der Waals surface area contributed by atoms with Gasteiger partial charge in [0.2, 0.25) is 6.29 Å². The van der Waals surface area contributed by atoms with Gasteiger partial charge in [-0.2, -0.15) is 0 Å². The number of hydrogen-bond acceptors (Lipinski definition) is 20. The van der Waals surface area contributed by atoms with Crippen LogP contribution in [0.5, 0.6) is 0 Å². The molecule has 26 atom stereocenters. The van der Waals surface area contributed by atoms with Crippen LogP contribution in [0.4, 0.5) is 0 Å². The number of ether oxygens (including phenoxy) is 8. The SMILES string of the molecule is CC1OC(OC2C(OC(=O)C34CCC(C)(C)CC3C3=CCC5C6(C)CCC(OC7OC(C(=O)O)C(O)C(O)C7O)C(C)(C)C6CCC5(C)C3(C)CC4)OCC(O)C2O)C(O)C(O)C1OC1OCC(O)C(O)C1O. The monoisotopic (exact) mass is 1040 g/mol. The molecule has 9 aliphatic rings. The second-order valence-electron chi connectivity index (χ2n) is 25.4. The summed E-state index contributed by atoms with van der Waals surface area (Å²) in [4.78, 5) is 27.1. The van der Waals surface area contributed by atoms with E-state index in [-0.39, 0.29) is 46.0 Å². The summed E-state index contributed by atoms with van der Waals surface area (Å²) in [5, 5.41) is 117. The molecule has 11 N–H and O–H groups in total. The van der Waals surface area contributed by atoms with E-state index in [1.165, 1.54) is 12.5 Å². The lowest BCUT2D eigenvalue weighted by Crippen LogP contribution is -2.66. The third-order valence-corrected chi connectivity index (χ3v) is 20.6. The molecule has 0 aromatic carbocycles. The molecule has 21 nitrogen and oxygen atoms in total. The van der Waals surface area contributed by atoms with E-state index in [2.05, 4.69) is 54.5 Å². The van der Waals surface area contributed by atoms with Gasteiger partial charge in [0, 0.05) is 0 Å². The lowest BCUT2D eigenvalue weighted by atomic mass is 9.33. The molecule has 4 heterocycles. The van der Waals surface area contributed by atoms with Crippen LogP contribution in [-0.4, -0.2) is 198 Å². The number of esters is 1. The van der Waals surface area contributed by atoms with E-state index < -0.39 is 146 Å². The Labute approximate surface area is 426 Å². The van der Waals surface area contributed by atoms with Crippen LogP contribution >= 0.6 is 0 Å². The van der Waals surface area contributed by atoms with Crippen LogP contribution in [0.15, 0.2) is 11.6 Å². The Morgan fingerprint density at radius 3 is 1.89 bits per heavy atom. The third kappa shape index (κ3) is 9.06. The smallest absolute Gasteiger partial charge is 0.335 e. The van der Waals surface area contributed by atoms with Crippen molar-refractivity contribution in [3.05, 3.63) is 11.6 Å². The van der Waals surface area contributed by atoms with Crippen molar-refractivity contribution in [1.82, 2.24) is 0 Å². The Morgan fingerprint density at radius 1 is 0.603 bits per heavy atom. The van der Waals surface area contributed by atoms with Gasteiger partial charge in [-0.25, -0.2) is 4.79 Å². The number of hydrogen-bond donors (Lipinski definition) is 11. The van der Waals surface area contributed by atoms with Gasteiger partial charge in [0.1, 0.15) is 67.1 Å². The van der Waals surface area contributed by atoms with Crippen molar-refractivity contribution in [2.75, 3.05) is 13.2 Å². The highest BCUT2D eigenvalue weighted by Crippen LogP contribution is 2.76. The highest BCUT2D eigenvalue weighted by Gasteiger charge is 2.70. The summed E-state index contributed by atoms with van der Waals surface area (Å²) in [7, 11) is 0. The molecule has 0 radical (unpaired) electrons. The summed E-state index contributed by atoms with van der Waals surface area (Å²) in [5.74, 6) is -1.79. The fraction of sp³-hybridized carbons (Fsp3) is 0.923. The molecule has 0 bridgehead atoms. The minimum Gasteiger partial charge on any atom is -0.479 e. The Morgan fingerprint density at radius 2 is 1.21 bits per heavy atom. The Balaban J connectivity index is 0.928. The molecule has 4 aliphatic heterocycles. The van der Waals surface area contributed by atoms with Crippen molar-refractivity contribution >= 4 is 11.9 Å². The summed E-state index contributed by atoms with van der Waals surface area (Å²) in [6.07, 6.45) is -19.3. The molecule has 4 saturated heterocycles. The maximum absolute atomic E-state index is 15.2. The van der Waals surface area contributed by atoms with Gasteiger partial charge < -0.3 is 94.1 Å². The zero-order chi connectivity index (χ0) is 53.3. The van der Waals surface area contributed by atoms with Crippen LogP contribution in [0.25, 0.3) is 0 Å². The number of allylic oxidation sites excluding steroid dienone is 2. The van der Waals surface area contributed by atoms with Gasteiger partial charge in [0.05, 0.1) is 30.8 Å². The molecule has 8 fully saturated rings. The van der Waals surface area contributed by atoms with Crippen LogP contribution < -0.4 is 0 Å². The summed E-state index contributed by atoms with van der Waals surface area (Å²) < 4.78 is 47.4. The zero-order valence-corrected chi connectivity index (χ0v) is 43.3.